The highest BCUT2D eigenvalue weighted by Gasteiger charge is 2.14. The van der Waals surface area contributed by atoms with Gasteiger partial charge in [0, 0.05) is 28.7 Å². The highest BCUT2D eigenvalue weighted by molar-refractivity contribution is 6.35. The number of anilines is 1. The Bertz CT molecular complexity index is 665. The van der Waals surface area contributed by atoms with Crippen LogP contribution in [0.5, 0.6) is 0 Å². The molecular formula is C13H9Cl2FN2O2. The van der Waals surface area contributed by atoms with Gasteiger partial charge in [-0.25, -0.2) is 4.39 Å². The van der Waals surface area contributed by atoms with Crippen LogP contribution in [0.15, 0.2) is 36.4 Å². The average Bonchev–Trinajstić information content (AvgIpc) is 2.37. The molecule has 0 aromatic heterocycles. The second kappa shape index (κ2) is 6.07. The Morgan fingerprint density at radius 1 is 1.20 bits per heavy atom. The smallest absolute Gasteiger partial charge is 0.292 e. The minimum absolute atomic E-state index is 0.0982. The Morgan fingerprint density at radius 3 is 2.60 bits per heavy atom. The highest BCUT2D eigenvalue weighted by Crippen LogP contribution is 2.27. The molecule has 2 aromatic carbocycles. The van der Waals surface area contributed by atoms with E-state index in [-0.39, 0.29) is 17.9 Å². The van der Waals surface area contributed by atoms with Gasteiger partial charge >= 0.3 is 0 Å². The molecule has 0 saturated carbocycles. The summed E-state index contributed by atoms with van der Waals surface area (Å²) in [6.07, 6.45) is 0. The maximum Gasteiger partial charge on any atom is 0.292 e. The van der Waals surface area contributed by atoms with Crippen LogP contribution in [0.25, 0.3) is 0 Å². The zero-order valence-electron chi connectivity index (χ0n) is 10.1. The molecule has 0 fully saturated rings. The Morgan fingerprint density at radius 2 is 1.95 bits per heavy atom. The van der Waals surface area contributed by atoms with Crippen LogP contribution < -0.4 is 5.32 Å². The van der Waals surface area contributed by atoms with Crippen molar-refractivity contribution in [3.63, 3.8) is 0 Å². The van der Waals surface area contributed by atoms with E-state index in [1.54, 1.807) is 18.2 Å². The lowest BCUT2D eigenvalue weighted by Gasteiger charge is -2.09. The van der Waals surface area contributed by atoms with Crippen LogP contribution in [0.4, 0.5) is 15.8 Å². The van der Waals surface area contributed by atoms with E-state index in [0.29, 0.717) is 15.6 Å². The molecule has 0 radical (unpaired) electrons. The summed E-state index contributed by atoms with van der Waals surface area (Å²) >= 11 is 11.8. The van der Waals surface area contributed by atoms with Gasteiger partial charge in [0.2, 0.25) is 0 Å². The normalized spacial score (nSPS) is 10.3. The lowest BCUT2D eigenvalue weighted by atomic mass is 10.2. The highest BCUT2D eigenvalue weighted by atomic mass is 35.5. The first-order valence-corrected chi connectivity index (χ1v) is 6.34. The predicted molar refractivity (Wildman–Crippen MR) is 76.8 cm³/mol. The molecule has 0 unspecified atom stereocenters. The number of benzene rings is 2. The number of hydrogen-bond donors (Lipinski definition) is 1. The fraction of sp³-hybridized carbons (Fsp3) is 0.0769. The van der Waals surface area contributed by atoms with E-state index >= 15 is 0 Å². The van der Waals surface area contributed by atoms with Crippen molar-refractivity contribution in [2.45, 2.75) is 6.54 Å². The first kappa shape index (κ1) is 14.6. The van der Waals surface area contributed by atoms with Crippen molar-refractivity contribution in [3.05, 3.63) is 67.9 Å². The van der Waals surface area contributed by atoms with Gasteiger partial charge in [-0.2, -0.15) is 0 Å². The molecule has 0 spiro atoms. The van der Waals surface area contributed by atoms with E-state index in [4.69, 9.17) is 23.2 Å². The van der Waals surface area contributed by atoms with E-state index in [9.17, 15) is 14.5 Å². The second-order valence-electron chi connectivity index (χ2n) is 4.01. The van der Waals surface area contributed by atoms with Gasteiger partial charge in [-0.1, -0.05) is 29.3 Å². The summed E-state index contributed by atoms with van der Waals surface area (Å²) in [6.45, 7) is 0.223. The standard InChI is InChI=1S/C13H9Cl2FN2O2/c14-9-2-1-8(11(15)5-9)7-17-12-6-10(16)3-4-13(12)18(19)20/h1-6,17H,7H2. The molecule has 0 heterocycles. The van der Waals surface area contributed by atoms with Crippen molar-refractivity contribution in [1.82, 2.24) is 0 Å². The van der Waals surface area contributed by atoms with Crippen LogP contribution in [0, 0.1) is 15.9 Å². The maximum absolute atomic E-state index is 13.2. The van der Waals surface area contributed by atoms with Crippen molar-refractivity contribution in [2.75, 3.05) is 5.32 Å². The Balaban J connectivity index is 2.22. The molecule has 0 aliphatic heterocycles. The summed E-state index contributed by atoms with van der Waals surface area (Å²) in [7, 11) is 0. The van der Waals surface area contributed by atoms with E-state index in [2.05, 4.69) is 5.32 Å². The average molecular weight is 315 g/mol. The minimum atomic E-state index is -0.578. The number of nitro benzene ring substituents is 1. The molecule has 0 atom stereocenters. The first-order chi connectivity index (χ1) is 9.47. The van der Waals surface area contributed by atoms with Crippen LogP contribution in [0.3, 0.4) is 0 Å². The van der Waals surface area contributed by atoms with E-state index in [1.165, 1.54) is 0 Å². The number of nitrogens with zero attached hydrogens (tertiary/aromatic N) is 1. The molecule has 7 heteroatoms. The number of halogens is 3. The molecular weight excluding hydrogens is 306 g/mol. The van der Waals surface area contributed by atoms with Gasteiger partial charge < -0.3 is 5.32 Å². The van der Waals surface area contributed by atoms with E-state index < -0.39 is 10.7 Å². The molecule has 0 saturated heterocycles. The van der Waals surface area contributed by atoms with Gasteiger partial charge in [-0.3, -0.25) is 10.1 Å². The first-order valence-electron chi connectivity index (χ1n) is 5.59. The van der Waals surface area contributed by atoms with Crippen molar-refractivity contribution in [2.24, 2.45) is 0 Å². The molecule has 0 amide bonds. The fourth-order valence-corrected chi connectivity index (χ4v) is 2.14. The molecule has 104 valence electrons. The monoisotopic (exact) mass is 314 g/mol. The third kappa shape index (κ3) is 3.37. The zero-order chi connectivity index (χ0) is 14.7. The quantitative estimate of drug-likeness (QED) is 0.660. The maximum atomic E-state index is 13.2. The van der Waals surface area contributed by atoms with Gasteiger partial charge in [0.05, 0.1) is 4.92 Å². The fourth-order valence-electron chi connectivity index (χ4n) is 1.66. The van der Waals surface area contributed by atoms with E-state index in [0.717, 1.165) is 18.2 Å². The summed E-state index contributed by atoms with van der Waals surface area (Å²) < 4.78 is 13.2. The van der Waals surface area contributed by atoms with Crippen LogP contribution in [-0.4, -0.2) is 4.92 Å². The van der Waals surface area contributed by atoms with Crippen molar-refractivity contribution < 1.29 is 9.31 Å². The van der Waals surface area contributed by atoms with Crippen LogP contribution in [-0.2, 0) is 6.54 Å². The molecule has 20 heavy (non-hydrogen) atoms. The molecule has 2 aromatic rings. The largest absolute Gasteiger partial charge is 0.375 e. The van der Waals surface area contributed by atoms with Crippen molar-refractivity contribution in [3.8, 4) is 0 Å². The summed E-state index contributed by atoms with van der Waals surface area (Å²) in [5, 5.41) is 14.6. The van der Waals surface area contributed by atoms with Gasteiger partial charge in [0.15, 0.2) is 0 Å². The molecule has 2 rings (SSSR count). The third-order valence-electron chi connectivity index (χ3n) is 2.64. The van der Waals surface area contributed by atoms with Gasteiger partial charge in [-0.05, 0) is 23.8 Å². The minimum Gasteiger partial charge on any atom is -0.375 e. The van der Waals surface area contributed by atoms with Crippen LogP contribution >= 0.6 is 23.2 Å². The molecule has 1 N–H and O–H groups in total. The third-order valence-corrected chi connectivity index (χ3v) is 3.23. The Kier molecular flexibility index (Phi) is 4.42. The predicted octanol–water partition coefficient (Wildman–Crippen LogP) is 4.65. The topological polar surface area (TPSA) is 55.2 Å². The molecule has 0 bridgehead atoms. The Labute approximate surface area is 124 Å². The molecule has 0 aliphatic rings. The van der Waals surface area contributed by atoms with Crippen LogP contribution in [0.2, 0.25) is 10.0 Å². The Hall–Kier alpha value is -1.85. The summed E-state index contributed by atoms with van der Waals surface area (Å²) in [5.74, 6) is -0.555. The number of nitrogens with one attached hydrogen (secondary N) is 1. The molecule has 0 aliphatic carbocycles. The SMILES string of the molecule is O=[N+]([O-])c1ccc(F)cc1NCc1ccc(Cl)cc1Cl. The van der Waals surface area contributed by atoms with E-state index in [1.807, 2.05) is 0 Å². The van der Waals surface area contributed by atoms with Gasteiger partial charge in [0.1, 0.15) is 11.5 Å². The van der Waals surface area contributed by atoms with Crippen LogP contribution in [0.1, 0.15) is 5.56 Å². The summed E-state index contributed by atoms with van der Waals surface area (Å²) in [5.41, 5.74) is 0.604. The van der Waals surface area contributed by atoms with Gasteiger partial charge in [0.25, 0.3) is 5.69 Å². The molecule has 4 nitrogen and oxygen atoms in total. The number of rotatable bonds is 4. The van der Waals surface area contributed by atoms with Gasteiger partial charge in [-0.15, -0.1) is 0 Å². The second-order valence-corrected chi connectivity index (χ2v) is 4.85. The lowest BCUT2D eigenvalue weighted by molar-refractivity contribution is -0.384. The van der Waals surface area contributed by atoms with Crippen molar-refractivity contribution >= 4 is 34.6 Å². The zero-order valence-corrected chi connectivity index (χ0v) is 11.6. The summed E-state index contributed by atoms with van der Waals surface area (Å²) in [6, 6.07) is 8.15. The number of hydrogen-bond acceptors (Lipinski definition) is 3. The summed E-state index contributed by atoms with van der Waals surface area (Å²) in [4.78, 5) is 10.3. The lowest BCUT2D eigenvalue weighted by Crippen LogP contribution is -2.03. The number of nitro groups is 1. The van der Waals surface area contributed by atoms with Crippen molar-refractivity contribution in [1.29, 1.82) is 0 Å².